The molecule has 0 spiro atoms. The van der Waals surface area contributed by atoms with Crippen LogP contribution in [-0.2, 0) is 9.53 Å². The van der Waals surface area contributed by atoms with E-state index in [0.717, 1.165) is 0 Å². The van der Waals surface area contributed by atoms with Crippen LogP contribution in [0.1, 0.15) is 0 Å². The van der Waals surface area contributed by atoms with Crippen LogP contribution < -0.4 is 5.32 Å². The van der Waals surface area contributed by atoms with Gasteiger partial charge in [-0.25, -0.2) is 0 Å². The van der Waals surface area contributed by atoms with Gasteiger partial charge < -0.3 is 10.1 Å². The number of hydrogen-bond donors (Lipinski definition) is 1. The van der Waals surface area contributed by atoms with Gasteiger partial charge in [-0.05, 0) is 7.05 Å². The Morgan fingerprint density at radius 2 is 1.60 bits per heavy atom. The van der Waals surface area contributed by atoms with Crippen molar-refractivity contribution in [1.82, 2.24) is 5.32 Å². The van der Waals surface area contributed by atoms with Crippen molar-refractivity contribution in [2.45, 2.75) is 18.5 Å². The number of halogens is 6. The van der Waals surface area contributed by atoms with E-state index in [2.05, 4.69) is 10.1 Å². The zero-order valence-corrected chi connectivity index (χ0v) is 7.37. The van der Waals surface area contributed by atoms with Crippen LogP contribution in [-0.4, -0.2) is 38.0 Å². The standard InChI is InChI=1S/C6H7F6NO2/c1-13-2-3(14)15-4(5(7,8)9)6(10,11)12/h4,13H,2H2,1H3. The Kier molecular flexibility index (Phi) is 4.38. The number of carbonyl (C=O) groups excluding carboxylic acids is 1. The molecule has 0 atom stereocenters. The predicted molar refractivity (Wildman–Crippen MR) is 35.9 cm³/mol. The van der Waals surface area contributed by atoms with Crippen molar-refractivity contribution in [2.75, 3.05) is 13.6 Å². The van der Waals surface area contributed by atoms with Crippen LogP contribution in [0, 0.1) is 0 Å². The Balaban J connectivity index is 4.62. The molecule has 0 heterocycles. The molecule has 0 aliphatic carbocycles. The van der Waals surface area contributed by atoms with E-state index in [9.17, 15) is 31.1 Å². The Morgan fingerprint density at radius 1 is 1.20 bits per heavy atom. The van der Waals surface area contributed by atoms with Crippen molar-refractivity contribution in [3.05, 3.63) is 0 Å². The maximum Gasteiger partial charge on any atom is 0.434 e. The van der Waals surface area contributed by atoms with E-state index in [4.69, 9.17) is 0 Å². The summed E-state index contributed by atoms with van der Waals surface area (Å²) in [6.07, 6.45) is -15.4. The van der Waals surface area contributed by atoms with Crippen LogP contribution in [0.5, 0.6) is 0 Å². The minimum Gasteiger partial charge on any atom is -0.442 e. The van der Waals surface area contributed by atoms with Crippen LogP contribution in [0.4, 0.5) is 26.3 Å². The molecule has 1 N–H and O–H groups in total. The zero-order chi connectivity index (χ0) is 12.3. The average molecular weight is 239 g/mol. The molecule has 0 aliphatic heterocycles. The van der Waals surface area contributed by atoms with Gasteiger partial charge in [0.1, 0.15) is 0 Å². The van der Waals surface area contributed by atoms with Crippen LogP contribution in [0.2, 0.25) is 0 Å². The zero-order valence-electron chi connectivity index (χ0n) is 7.37. The summed E-state index contributed by atoms with van der Waals surface area (Å²) in [5.74, 6) is -1.63. The monoisotopic (exact) mass is 239 g/mol. The molecule has 9 heteroatoms. The highest BCUT2D eigenvalue weighted by molar-refractivity contribution is 5.71. The Hall–Kier alpha value is -0.990. The molecule has 0 rings (SSSR count). The number of carbonyl (C=O) groups is 1. The summed E-state index contributed by atoms with van der Waals surface area (Å²) in [7, 11) is 1.18. The normalized spacial score (nSPS) is 13.1. The van der Waals surface area contributed by atoms with E-state index >= 15 is 0 Å². The van der Waals surface area contributed by atoms with E-state index in [-0.39, 0.29) is 0 Å². The summed E-state index contributed by atoms with van der Waals surface area (Å²) in [6.45, 7) is -0.733. The van der Waals surface area contributed by atoms with E-state index < -0.39 is 31.0 Å². The predicted octanol–water partition coefficient (Wildman–Crippen LogP) is 1.24. The summed E-state index contributed by atoms with van der Waals surface area (Å²) in [4.78, 5) is 10.5. The number of nitrogens with one attached hydrogen (secondary N) is 1. The molecule has 0 amide bonds. The fourth-order valence-electron chi connectivity index (χ4n) is 0.637. The lowest BCUT2D eigenvalue weighted by Crippen LogP contribution is -2.46. The van der Waals surface area contributed by atoms with Gasteiger partial charge in [0.05, 0.1) is 6.54 Å². The van der Waals surface area contributed by atoms with Gasteiger partial charge in [-0.2, -0.15) is 26.3 Å². The van der Waals surface area contributed by atoms with Gasteiger partial charge in [-0.1, -0.05) is 0 Å². The first-order valence-electron chi connectivity index (χ1n) is 3.56. The molecule has 0 fully saturated rings. The van der Waals surface area contributed by atoms with Gasteiger partial charge in [-0.15, -0.1) is 0 Å². The molecular formula is C6H7F6NO2. The lowest BCUT2D eigenvalue weighted by atomic mass is 10.3. The lowest BCUT2D eigenvalue weighted by Gasteiger charge is -2.22. The van der Waals surface area contributed by atoms with Gasteiger partial charge >= 0.3 is 18.3 Å². The maximum absolute atomic E-state index is 11.8. The SMILES string of the molecule is CNCC(=O)OC(C(F)(F)F)C(F)(F)F. The molecule has 0 radical (unpaired) electrons. The van der Waals surface area contributed by atoms with Gasteiger partial charge in [0.2, 0.25) is 0 Å². The molecule has 0 aromatic heterocycles. The van der Waals surface area contributed by atoms with Crippen LogP contribution >= 0.6 is 0 Å². The van der Waals surface area contributed by atoms with E-state index in [1.54, 1.807) is 0 Å². The second-order valence-corrected chi connectivity index (χ2v) is 2.48. The molecular weight excluding hydrogens is 232 g/mol. The maximum atomic E-state index is 11.8. The molecule has 0 unspecified atom stereocenters. The van der Waals surface area contributed by atoms with Crippen LogP contribution in [0.3, 0.4) is 0 Å². The number of esters is 1. The van der Waals surface area contributed by atoms with Crippen LogP contribution in [0.25, 0.3) is 0 Å². The van der Waals surface area contributed by atoms with Crippen molar-refractivity contribution in [1.29, 1.82) is 0 Å². The van der Waals surface area contributed by atoms with E-state index in [1.165, 1.54) is 7.05 Å². The lowest BCUT2D eigenvalue weighted by molar-refractivity contribution is -0.313. The molecule has 3 nitrogen and oxygen atoms in total. The molecule has 0 saturated heterocycles. The third kappa shape index (κ3) is 4.86. The van der Waals surface area contributed by atoms with E-state index in [0.29, 0.717) is 0 Å². The first-order chi connectivity index (χ1) is 6.59. The second kappa shape index (κ2) is 4.69. The first-order valence-corrected chi connectivity index (χ1v) is 3.56. The summed E-state index contributed by atoms with van der Waals surface area (Å²) in [6, 6.07) is 0. The Morgan fingerprint density at radius 3 is 1.87 bits per heavy atom. The quantitative estimate of drug-likeness (QED) is 0.594. The molecule has 0 bridgehead atoms. The highest BCUT2D eigenvalue weighted by Crippen LogP contribution is 2.35. The van der Waals surface area contributed by atoms with Crippen molar-refractivity contribution in [3.63, 3.8) is 0 Å². The smallest absolute Gasteiger partial charge is 0.434 e. The molecule has 0 aliphatic rings. The summed E-state index contributed by atoms with van der Waals surface area (Å²) < 4.78 is 74.1. The van der Waals surface area contributed by atoms with Crippen molar-refractivity contribution in [2.24, 2.45) is 0 Å². The molecule has 90 valence electrons. The highest BCUT2D eigenvalue weighted by Gasteiger charge is 2.59. The van der Waals surface area contributed by atoms with Gasteiger partial charge in [0.15, 0.2) is 0 Å². The van der Waals surface area contributed by atoms with Crippen LogP contribution in [0.15, 0.2) is 0 Å². The fourth-order valence-corrected chi connectivity index (χ4v) is 0.637. The number of rotatable bonds is 3. The largest absolute Gasteiger partial charge is 0.442 e. The minimum atomic E-state index is -5.67. The van der Waals surface area contributed by atoms with Gasteiger partial charge in [0, 0.05) is 0 Å². The van der Waals surface area contributed by atoms with Gasteiger partial charge in [-0.3, -0.25) is 4.79 Å². The van der Waals surface area contributed by atoms with E-state index in [1.807, 2.05) is 0 Å². The molecule has 15 heavy (non-hydrogen) atoms. The van der Waals surface area contributed by atoms with Gasteiger partial charge in [0.25, 0.3) is 6.10 Å². The summed E-state index contributed by atoms with van der Waals surface area (Å²) >= 11 is 0. The number of hydrogen-bond acceptors (Lipinski definition) is 3. The average Bonchev–Trinajstić information content (AvgIpc) is 1.96. The third-order valence-electron chi connectivity index (χ3n) is 1.16. The molecule has 0 saturated carbocycles. The van der Waals surface area contributed by atoms with Crippen molar-refractivity contribution in [3.8, 4) is 0 Å². The van der Waals surface area contributed by atoms with Crippen molar-refractivity contribution < 1.29 is 35.9 Å². The van der Waals surface area contributed by atoms with Crippen molar-refractivity contribution >= 4 is 5.97 Å². The number of alkyl halides is 6. The second-order valence-electron chi connectivity index (χ2n) is 2.48. The summed E-state index contributed by atoms with van der Waals surface area (Å²) in [5, 5.41) is 2.07. The molecule has 0 aromatic carbocycles. The molecule has 0 aromatic rings. The fraction of sp³-hybridized carbons (Fsp3) is 0.833. The number of ether oxygens (including phenoxy) is 1. The third-order valence-corrected chi connectivity index (χ3v) is 1.16. The topological polar surface area (TPSA) is 38.3 Å². The summed E-state index contributed by atoms with van der Waals surface area (Å²) in [5.41, 5.74) is 0. The number of likely N-dealkylation sites (N-methyl/N-ethyl adjacent to an activating group) is 1. The first kappa shape index (κ1) is 14.0. The Labute approximate surface area is 80.4 Å². The minimum absolute atomic E-state index is 0.733. The highest BCUT2D eigenvalue weighted by atomic mass is 19.4. The Bertz CT molecular complexity index is 209.